The summed E-state index contributed by atoms with van der Waals surface area (Å²) in [6.45, 7) is 91.4. The molecule has 1 fully saturated rings. The van der Waals surface area contributed by atoms with Crippen LogP contribution in [0.3, 0.4) is 0 Å². The van der Waals surface area contributed by atoms with Crippen LogP contribution in [0.25, 0.3) is 63.5 Å². The molecule has 1 saturated carbocycles. The van der Waals surface area contributed by atoms with Crippen LogP contribution in [0.5, 0.6) is 0 Å². The summed E-state index contributed by atoms with van der Waals surface area (Å²) in [4.78, 5) is 0. The van der Waals surface area contributed by atoms with Gasteiger partial charge in [0.25, 0.3) is 0 Å². The minimum atomic E-state index is -0.141. The van der Waals surface area contributed by atoms with Crippen molar-refractivity contribution >= 4 is 63.5 Å². The highest BCUT2D eigenvalue weighted by Gasteiger charge is 2.43. The topological polar surface area (TPSA) is 35.9 Å². The van der Waals surface area contributed by atoms with E-state index < -0.39 is 0 Å². The van der Waals surface area contributed by atoms with Crippen LogP contribution >= 0.6 is 0 Å². The molecule has 0 atom stereocenters. The summed E-state index contributed by atoms with van der Waals surface area (Å²) in [6.07, 6.45) is 23.8. The first-order valence-corrected chi connectivity index (χ1v) is 52.5. The van der Waals surface area contributed by atoms with Crippen molar-refractivity contribution in [1.82, 2.24) is 9.13 Å². The van der Waals surface area contributed by atoms with E-state index in [2.05, 4.69) is 494 Å². The Labute approximate surface area is 850 Å². The van der Waals surface area contributed by atoms with Gasteiger partial charge in [-0.25, -0.2) is 8.78 Å². The van der Waals surface area contributed by atoms with Crippen molar-refractivity contribution in [2.45, 2.75) is 396 Å². The van der Waals surface area contributed by atoms with Crippen LogP contribution in [0.1, 0.15) is 426 Å². The van der Waals surface area contributed by atoms with Crippen LogP contribution in [0.15, 0.2) is 210 Å². The van der Waals surface area contributed by atoms with Crippen LogP contribution < -0.4 is 5.73 Å². The molecule has 7 aliphatic carbocycles. The zero-order valence-electron chi connectivity index (χ0n) is 95.3. The van der Waals surface area contributed by atoms with Crippen LogP contribution in [0.2, 0.25) is 0 Å². The Morgan fingerprint density at radius 3 is 1.23 bits per heavy atom. The van der Waals surface area contributed by atoms with E-state index in [1.165, 1.54) is 164 Å². The third-order valence-corrected chi connectivity index (χ3v) is 29.9. The number of halogens is 2. The highest BCUT2D eigenvalue weighted by molar-refractivity contribution is 5.89. The Hall–Kier alpha value is -9.84. The molecule has 140 heavy (non-hydrogen) atoms. The lowest BCUT2D eigenvalue weighted by Gasteiger charge is -2.23. The number of rotatable bonds is 3. The molecule has 0 unspecified atom stereocenters. The van der Waals surface area contributed by atoms with Crippen molar-refractivity contribution in [2.75, 3.05) is 0 Å². The van der Waals surface area contributed by atoms with E-state index >= 15 is 0 Å². The van der Waals surface area contributed by atoms with Crippen LogP contribution in [-0.4, -0.2) is 9.13 Å². The number of allylic oxidation sites excluding steroid dienone is 6. The lowest BCUT2D eigenvalue weighted by atomic mass is 9.84. The molecule has 7 aliphatic rings. The largest absolute Gasteiger partial charge is 0.398 e. The molecule has 2 aromatic heterocycles. The number of hydrogen-bond donors (Lipinski definition) is 1. The summed E-state index contributed by atoms with van der Waals surface area (Å²) >= 11 is 0. The van der Waals surface area contributed by atoms with Crippen molar-refractivity contribution in [1.29, 1.82) is 0 Å². The van der Waals surface area contributed by atoms with Gasteiger partial charge in [0, 0.05) is 57.6 Å². The number of benzene rings is 9. The van der Waals surface area contributed by atoms with Gasteiger partial charge in [-0.3, -0.25) is 0 Å². The van der Waals surface area contributed by atoms with Crippen molar-refractivity contribution < 1.29 is 8.78 Å². The first kappa shape index (κ1) is 111. The number of aryl methyl sites for hydroxylation is 1. The third-order valence-electron chi connectivity index (χ3n) is 29.9. The molecule has 18 rings (SSSR count). The fourth-order valence-electron chi connectivity index (χ4n) is 19.5. The van der Waals surface area contributed by atoms with Gasteiger partial charge in [-0.05, 0) is 332 Å². The predicted octanol–water partition coefficient (Wildman–Crippen LogP) is 38.1. The second-order valence-electron chi connectivity index (χ2n) is 55.4. The smallest absolute Gasteiger partial charge is 0.127 e. The molecule has 0 spiro atoms. The molecule has 2 N–H and O–H groups in total. The van der Waals surface area contributed by atoms with E-state index in [4.69, 9.17) is 5.73 Å². The molecular weight excluding hydrogens is 1700 g/mol. The summed E-state index contributed by atoms with van der Waals surface area (Å²) < 4.78 is 33.0. The lowest BCUT2D eigenvalue weighted by molar-refractivity contribution is 0.411. The normalized spacial score (nSPS) is 15.5. The van der Waals surface area contributed by atoms with Crippen molar-refractivity contribution in [2.24, 2.45) is 34.4 Å². The lowest BCUT2D eigenvalue weighted by Crippen LogP contribution is -2.20. The number of nitrogens with two attached hydrogens (primary N) is 1. The highest BCUT2D eigenvalue weighted by atomic mass is 19.1. The van der Waals surface area contributed by atoms with E-state index in [1.807, 2.05) is 6.07 Å². The summed E-state index contributed by atoms with van der Waals surface area (Å²) in [7, 11) is 2.17. The molecule has 0 saturated heterocycles. The van der Waals surface area contributed by atoms with Crippen LogP contribution in [0.4, 0.5) is 8.78 Å². The Kier molecular flexibility index (Phi) is 31.9. The predicted molar refractivity (Wildman–Crippen MR) is 612 cm³/mol. The maximum absolute atomic E-state index is 14.2. The first-order chi connectivity index (χ1) is 64.0. The first-order valence-electron chi connectivity index (χ1n) is 52.5. The van der Waals surface area contributed by atoms with E-state index in [1.54, 1.807) is 23.3 Å². The van der Waals surface area contributed by atoms with Crippen molar-refractivity contribution in [3.63, 3.8) is 0 Å². The van der Waals surface area contributed by atoms with Gasteiger partial charge in [0.2, 0.25) is 0 Å². The van der Waals surface area contributed by atoms with Gasteiger partial charge < -0.3 is 14.9 Å². The second-order valence-corrected chi connectivity index (χ2v) is 55.4. The number of fused-ring (bicyclic) bond motifs is 8. The fourth-order valence-corrected chi connectivity index (χ4v) is 19.5. The molecule has 0 amide bonds. The van der Waals surface area contributed by atoms with Gasteiger partial charge in [-0.1, -0.05) is 431 Å². The van der Waals surface area contributed by atoms with Gasteiger partial charge in [0.1, 0.15) is 11.6 Å². The monoisotopic (exact) mass is 1880 g/mol. The molecule has 9 aromatic carbocycles. The fraction of sp³-hybridized carbons (Fsp3) is 0.481. The van der Waals surface area contributed by atoms with E-state index in [0.29, 0.717) is 5.41 Å². The molecule has 0 aliphatic heterocycles. The molecule has 2 heterocycles. The maximum atomic E-state index is 14.2. The Morgan fingerprint density at radius 2 is 0.757 bits per heavy atom. The number of hydrogen-bond acceptors (Lipinski definition) is 1. The van der Waals surface area contributed by atoms with Crippen LogP contribution in [-0.2, 0) is 99.8 Å². The maximum Gasteiger partial charge on any atom is 0.127 e. The van der Waals surface area contributed by atoms with Gasteiger partial charge >= 0.3 is 0 Å². The summed E-state index contributed by atoms with van der Waals surface area (Å²) in [6, 6.07) is 64.2. The highest BCUT2D eigenvalue weighted by Crippen LogP contribution is 2.55. The standard InChI is InChI=1S/C19H20.2C17H23F.2C17H25N.C17H22.C16H23N.C15H20/c1-19(2,3)18-10-9-15-11-16(12-17(15)13-18)14-7-5-4-6-8-14;1-16(2,3)13-7-11-9-14(17(4,5)6)15(18)10-12(11)8-13;1-16(2,3)12-7-11-8-13(17(4,5)6)10-15(18)14(11)9-12;1-16(2,3)13-8-9-14-12(10-13)11-15(18(14)7)17(4,5)6;1-16(2,3)12-8-7-11-9-14(17(4,5)6)15(18)13(11)10-12;1-16(2,3)14-6-5-12-9-15(11-13(12)10-14)17(4)7-8-17;1-15(2,3)13-7-8-14-12(11-13)9-10-17(14)16(4,5)6;1-5-11-8-12-6-7-14(15(2,3)4)10-13(12)9-11/h4-10,12-13H,11H2,1-3H3;7,9-10H,8H2,1-6H3;7-8,10H,9H2,1-6H3;8-11H,1-7H3;7-8,10H,9,18H2,1-6H3;5-6,10-11H,7-9H2,1-4H3;7-11H,1-6H3;6-7,9-10H,5,8H2,1-4H3. The number of aromatic nitrogens is 2. The molecule has 750 valence electrons. The quantitative estimate of drug-likeness (QED) is 0.188. The summed E-state index contributed by atoms with van der Waals surface area (Å²) in [5.41, 5.74) is 50.1. The van der Waals surface area contributed by atoms with Crippen molar-refractivity contribution in [3.05, 3.63) is 344 Å². The Balaban J connectivity index is 0.000000153. The molecule has 11 aromatic rings. The Bertz CT molecular complexity index is 6540. The zero-order chi connectivity index (χ0) is 104. The molecule has 5 heteroatoms. The van der Waals surface area contributed by atoms with Crippen molar-refractivity contribution in [3.8, 4) is 0 Å². The van der Waals surface area contributed by atoms with E-state index in [0.717, 1.165) is 65.6 Å². The summed E-state index contributed by atoms with van der Waals surface area (Å²) in [5, 5.41) is 2.70. The van der Waals surface area contributed by atoms with Gasteiger partial charge in [0.05, 0.1) is 0 Å². The van der Waals surface area contributed by atoms with Crippen LogP contribution in [0, 0.1) is 33.3 Å². The SMILES string of the molecule is CC(C)(C)C1=C(N)c2cc(C(C)(C)C)ccc2C1.CC(C)(C)C1=Cc2cc(C(C)(C)C)c(F)cc2C1.CC(C)(C)C1=Cc2cc(C(C)(C)C)cc(F)c2C1.CC(C)(C)c1ccc2c(c1)C=C(c1ccccc1)C2.CC(C)(C)c1ccc2c(ccn2C(C)(C)C)c1.CC1(C2=Cc3cc(C(C)(C)C)ccc3C2)CC1.CCC1=Cc2cc(C(C)(C)C)ccc2C1.Cn1c(C(C)(C)C)cc2cc(C(C)(C)C)ccc21. The zero-order valence-corrected chi connectivity index (χ0v) is 95.3. The van der Waals surface area contributed by atoms with Gasteiger partial charge in [0.15, 0.2) is 0 Å². The minimum absolute atomic E-state index is 0.00576. The third kappa shape index (κ3) is 27.2. The summed E-state index contributed by atoms with van der Waals surface area (Å²) in [5.74, 6) is -0.113. The Morgan fingerprint density at radius 1 is 0.329 bits per heavy atom. The molecular formula is C135H181F2N3. The molecule has 0 bridgehead atoms. The average molecular weight is 1880 g/mol. The van der Waals surface area contributed by atoms with E-state index in [-0.39, 0.29) is 82.2 Å². The minimum Gasteiger partial charge on any atom is -0.398 e. The van der Waals surface area contributed by atoms with E-state index in [9.17, 15) is 8.78 Å². The second kappa shape index (κ2) is 40.4. The number of nitrogens with zero attached hydrogens (tertiary/aromatic N) is 2. The molecule has 0 radical (unpaired) electrons. The van der Waals surface area contributed by atoms with Gasteiger partial charge in [-0.15, -0.1) is 0 Å². The van der Waals surface area contributed by atoms with Gasteiger partial charge in [-0.2, -0.15) is 0 Å². The average Bonchev–Trinajstić information content (AvgIpc) is 1.60. The molecule has 3 nitrogen and oxygen atoms in total.